The van der Waals surface area contributed by atoms with Crippen molar-refractivity contribution in [1.82, 2.24) is 31.5 Å². The summed E-state index contributed by atoms with van der Waals surface area (Å²) in [7, 11) is 0. The zero-order chi connectivity index (χ0) is 41.0. The smallest absolute Gasteiger partial charge is 0.258 e. The number of fused-ring (bicyclic) bond motifs is 13. The van der Waals surface area contributed by atoms with Crippen LogP contribution < -0.4 is 48.5 Å². The second-order valence-electron chi connectivity index (χ2n) is 14.4. The molecule has 3 heterocycles. The molecule has 1 aromatic carbocycles. The molecule has 8 amide bonds. The number of amides is 8. The number of aliphatic hydroxyl groups is 1. The van der Waals surface area contributed by atoms with Gasteiger partial charge in [-0.3, -0.25) is 43.3 Å². The number of carbonyl (C=O) groups is 8. The fourth-order valence-electron chi connectivity index (χ4n) is 6.44. The Bertz CT molecular complexity index is 1570. The molecule has 4 rings (SSSR count). The van der Waals surface area contributed by atoms with Crippen molar-refractivity contribution in [1.29, 1.82) is 0 Å². The van der Waals surface area contributed by atoms with Crippen LogP contribution in [0.25, 0.3) is 0 Å². The highest BCUT2D eigenvalue weighted by Gasteiger charge is 2.39. The van der Waals surface area contributed by atoms with Crippen molar-refractivity contribution in [3.8, 4) is 5.75 Å². The maximum absolute atomic E-state index is 13.7. The minimum Gasteiger partial charge on any atom is -0.484 e. The zero-order valence-corrected chi connectivity index (χ0v) is 31.7. The number of aliphatic hydroxyl groups excluding tert-OH is 1. The normalized spacial score (nSPS) is 23.3. The van der Waals surface area contributed by atoms with Crippen LogP contribution in [0.4, 0.5) is 0 Å². The van der Waals surface area contributed by atoms with Gasteiger partial charge < -0.3 is 53.6 Å². The van der Waals surface area contributed by atoms with Crippen LogP contribution in [0.1, 0.15) is 65.4 Å². The van der Waals surface area contributed by atoms with Crippen LogP contribution in [-0.2, 0) is 44.8 Å². The summed E-state index contributed by atoms with van der Waals surface area (Å²) in [6, 6.07) is -0.635. The number of rotatable bonds is 15. The highest BCUT2D eigenvalue weighted by atomic mass is 16.5. The van der Waals surface area contributed by atoms with Gasteiger partial charge in [-0.2, -0.15) is 0 Å². The first-order chi connectivity index (χ1) is 25.9. The molecule has 1 aromatic rings. The van der Waals surface area contributed by atoms with Crippen molar-refractivity contribution in [3.05, 3.63) is 29.8 Å². The molecule has 0 spiro atoms. The summed E-state index contributed by atoms with van der Waals surface area (Å²) in [5, 5.41) is 24.4. The van der Waals surface area contributed by atoms with Gasteiger partial charge in [0.05, 0.1) is 18.2 Å². The Morgan fingerprint density at radius 2 is 1.62 bits per heavy atom. The molecular weight excluding hydrogens is 718 g/mol. The van der Waals surface area contributed by atoms with Crippen molar-refractivity contribution >= 4 is 47.3 Å². The van der Waals surface area contributed by atoms with E-state index in [1.165, 1.54) is 0 Å². The third-order valence-electron chi connectivity index (χ3n) is 9.86. The molecule has 0 radical (unpaired) electrons. The molecule has 2 bridgehead atoms. The number of β-amino-alcohol motifs (C(OH)–C–C–N with tert-alkyl or cyclic N) is 1. The summed E-state index contributed by atoms with van der Waals surface area (Å²) < 4.78 is 5.54. The number of hydrogen-bond acceptors (Lipinski definition) is 11. The molecule has 8 atom stereocenters. The fourth-order valence-corrected chi connectivity index (χ4v) is 6.44. The summed E-state index contributed by atoms with van der Waals surface area (Å²) in [5.74, 6) is -6.75. The van der Waals surface area contributed by atoms with E-state index in [-0.39, 0.29) is 37.6 Å². The average Bonchev–Trinajstić information content (AvgIpc) is 3.59. The number of carbonyl (C=O) groups excluding carboxylic acids is 8. The lowest BCUT2D eigenvalue weighted by atomic mass is 9.96. The van der Waals surface area contributed by atoms with Crippen LogP contribution >= 0.6 is 0 Å². The molecule has 0 saturated carbocycles. The second kappa shape index (κ2) is 20.4. The van der Waals surface area contributed by atoms with Crippen molar-refractivity contribution in [2.45, 2.75) is 109 Å². The first-order valence-electron chi connectivity index (χ1n) is 18.4. The number of ether oxygens (including phenoxy) is 1. The van der Waals surface area contributed by atoms with Gasteiger partial charge in [-0.05, 0) is 61.8 Å². The predicted octanol–water partition coefficient (Wildman–Crippen LogP) is -3.19. The summed E-state index contributed by atoms with van der Waals surface area (Å²) in [5.41, 5.74) is 16.9. The van der Waals surface area contributed by atoms with Gasteiger partial charge in [-0.25, -0.2) is 0 Å². The monoisotopic (exact) mass is 773 g/mol. The van der Waals surface area contributed by atoms with Gasteiger partial charge in [0.15, 0.2) is 12.6 Å². The Morgan fingerprint density at radius 1 is 0.945 bits per heavy atom. The lowest BCUT2D eigenvalue weighted by Crippen LogP contribution is -2.61. The van der Waals surface area contributed by atoms with E-state index < -0.39 is 96.2 Å². The number of nitrogens with zero attached hydrogens (tertiary/aromatic N) is 1. The maximum atomic E-state index is 13.7. The number of benzene rings is 1. The van der Waals surface area contributed by atoms with Crippen molar-refractivity contribution in [2.75, 3.05) is 19.7 Å². The van der Waals surface area contributed by atoms with Crippen LogP contribution in [-0.4, -0.2) is 119 Å². The van der Waals surface area contributed by atoms with Gasteiger partial charge >= 0.3 is 0 Å². The molecule has 1 fully saturated rings. The van der Waals surface area contributed by atoms with E-state index in [2.05, 4.69) is 26.6 Å². The summed E-state index contributed by atoms with van der Waals surface area (Å²) in [6.45, 7) is 6.92. The van der Waals surface area contributed by atoms with Crippen molar-refractivity contribution in [3.63, 3.8) is 0 Å². The Labute approximate surface area is 319 Å². The molecule has 1 saturated heterocycles. The van der Waals surface area contributed by atoms with E-state index >= 15 is 0 Å². The van der Waals surface area contributed by atoms with E-state index in [1.54, 1.807) is 49.9 Å². The fraction of sp³-hybridized carbons (Fsp3) is 0.611. The predicted molar refractivity (Wildman–Crippen MR) is 197 cm³/mol. The van der Waals surface area contributed by atoms with E-state index in [1.807, 2.05) is 6.92 Å². The number of nitrogens with two attached hydrogens (primary N) is 3. The lowest BCUT2D eigenvalue weighted by Gasteiger charge is -2.33. The van der Waals surface area contributed by atoms with Gasteiger partial charge in [-0.1, -0.05) is 46.2 Å². The van der Waals surface area contributed by atoms with Crippen LogP contribution in [0.3, 0.4) is 0 Å². The topological polar surface area (TPSA) is 307 Å². The van der Waals surface area contributed by atoms with Crippen molar-refractivity contribution in [2.24, 2.45) is 29.0 Å². The molecule has 1 unspecified atom stereocenters. The van der Waals surface area contributed by atoms with Crippen LogP contribution in [0.5, 0.6) is 5.75 Å². The molecule has 0 aliphatic carbocycles. The zero-order valence-electron chi connectivity index (χ0n) is 31.7. The molecule has 19 heteroatoms. The van der Waals surface area contributed by atoms with Crippen LogP contribution in [0.2, 0.25) is 0 Å². The summed E-state index contributed by atoms with van der Waals surface area (Å²) in [6.07, 6.45) is -0.346. The first kappa shape index (κ1) is 44.1. The first-order valence-corrected chi connectivity index (χ1v) is 18.4. The SMILES string of the molecule is CC[C@H](C)[C@H](NC(=O)[C@@H]1CCCN1CC(O)[C@@H]1Cc2ccc(cc2)OCC(=O)N[C@@H](CCC(N)=O)C(=O)N[C@@H](C(N)=O)C(=O)N1)C(=O)N[C@H](C(N)=O)C(C)C. The van der Waals surface area contributed by atoms with Gasteiger partial charge in [-0.15, -0.1) is 0 Å². The van der Waals surface area contributed by atoms with Gasteiger partial charge in [0.25, 0.3) is 11.8 Å². The van der Waals surface area contributed by atoms with E-state index in [0.717, 1.165) is 0 Å². The molecule has 304 valence electrons. The van der Waals surface area contributed by atoms with E-state index in [4.69, 9.17) is 21.9 Å². The number of likely N-dealkylation sites (tertiary alicyclic amines) is 1. The van der Waals surface area contributed by atoms with Crippen molar-refractivity contribution < 1.29 is 48.2 Å². The molecule has 3 aliphatic rings. The number of primary amides is 3. The molecule has 3 aliphatic heterocycles. The molecule has 0 aromatic heterocycles. The average molecular weight is 774 g/mol. The van der Waals surface area contributed by atoms with Gasteiger partial charge in [0.2, 0.25) is 35.4 Å². The third-order valence-corrected chi connectivity index (χ3v) is 9.86. The van der Waals surface area contributed by atoms with E-state index in [9.17, 15) is 43.5 Å². The van der Waals surface area contributed by atoms with Crippen LogP contribution in [0, 0.1) is 11.8 Å². The molecule has 19 nitrogen and oxygen atoms in total. The van der Waals surface area contributed by atoms with Crippen LogP contribution in [0.15, 0.2) is 24.3 Å². The summed E-state index contributed by atoms with van der Waals surface area (Å²) in [4.78, 5) is 104. The summed E-state index contributed by atoms with van der Waals surface area (Å²) >= 11 is 0. The third kappa shape index (κ3) is 12.9. The minimum atomic E-state index is -1.94. The Kier molecular flexibility index (Phi) is 16.4. The maximum Gasteiger partial charge on any atom is 0.258 e. The molecule has 12 N–H and O–H groups in total. The van der Waals surface area contributed by atoms with E-state index in [0.29, 0.717) is 37.1 Å². The Hall–Kier alpha value is -5.30. The standard InChI is InChI=1S/C36H55N9O10/c1-5-19(4)29(35(53)42-28(18(2)3)31(38)49)43-34(52)24-7-6-14-45(24)16-25(46)23-15-20-8-10-21(11-9-20)55-17-27(48)40-22(12-13-26(37)47)33(51)44-30(32(39)50)36(54)41-23/h8-11,18-19,22-25,28-30,46H,5-7,12-17H2,1-4H3,(H2,37,47)(H2,38,49)(H2,39,50)(H,40,48)(H,41,54)(H,42,53)(H,43,52)(H,44,51)/t19-,22-,23-,24-,25?,28-,29-,30-/m0/s1. The lowest BCUT2D eigenvalue weighted by molar-refractivity contribution is -0.138. The molecular formula is C36H55N9O10. The Morgan fingerprint density at radius 3 is 2.20 bits per heavy atom. The minimum absolute atomic E-state index is 0.0200. The molecule has 55 heavy (non-hydrogen) atoms. The van der Waals surface area contributed by atoms with Gasteiger partial charge in [0.1, 0.15) is 23.9 Å². The second-order valence-corrected chi connectivity index (χ2v) is 14.4. The quantitative estimate of drug-likeness (QED) is 0.0632. The number of hydrogen-bond donors (Lipinski definition) is 9. The van der Waals surface area contributed by atoms with Gasteiger partial charge in [0, 0.05) is 13.0 Å². The highest BCUT2D eigenvalue weighted by Crippen LogP contribution is 2.21. The Balaban J connectivity index is 1.86. The number of nitrogens with one attached hydrogen (secondary N) is 5. The highest BCUT2D eigenvalue weighted by molar-refractivity contribution is 6.07. The largest absolute Gasteiger partial charge is 0.484 e.